The largest absolute Gasteiger partial charge is 0.367 e. The summed E-state index contributed by atoms with van der Waals surface area (Å²) in [6, 6.07) is 0. The molecule has 2 rings (SSSR count). The van der Waals surface area contributed by atoms with Gasteiger partial charge >= 0.3 is 0 Å². The Morgan fingerprint density at radius 2 is 2.10 bits per heavy atom. The Hall–Kier alpha value is -1.43. The lowest BCUT2D eigenvalue weighted by molar-refractivity contribution is -0.138. The minimum Gasteiger partial charge on any atom is -0.367 e. The molecule has 2 fully saturated rings. The smallest absolute Gasteiger partial charge is 0.253 e. The van der Waals surface area contributed by atoms with E-state index in [1.54, 1.807) is 6.92 Å². The molecule has 6 heteroatoms. The van der Waals surface area contributed by atoms with Gasteiger partial charge in [0.15, 0.2) is 5.78 Å². The SMILES string of the molecule is CC1OCC(=O)C1(NC(=O)[CH]CC1CCCC1)C(N)=O. The summed E-state index contributed by atoms with van der Waals surface area (Å²) in [5.41, 5.74) is 3.59. The van der Waals surface area contributed by atoms with Gasteiger partial charge in [0.1, 0.15) is 6.61 Å². The fourth-order valence-electron chi connectivity index (χ4n) is 3.00. The number of rotatable bonds is 5. The summed E-state index contributed by atoms with van der Waals surface area (Å²) in [6.45, 7) is 1.36. The fourth-order valence-corrected chi connectivity index (χ4v) is 3.00. The number of ether oxygens (including phenoxy) is 1. The van der Waals surface area contributed by atoms with Gasteiger partial charge in [-0.15, -0.1) is 0 Å². The third kappa shape index (κ3) is 2.70. The second-order valence-electron chi connectivity index (χ2n) is 5.63. The number of nitrogens with one attached hydrogen (secondary N) is 1. The molecule has 0 aromatic rings. The van der Waals surface area contributed by atoms with Crippen molar-refractivity contribution in [1.82, 2.24) is 5.32 Å². The lowest BCUT2D eigenvalue weighted by Crippen LogP contribution is -2.65. The van der Waals surface area contributed by atoms with Crippen molar-refractivity contribution < 1.29 is 19.1 Å². The van der Waals surface area contributed by atoms with Gasteiger partial charge < -0.3 is 15.8 Å². The number of carbonyl (C=O) groups excluding carboxylic acids is 3. The first-order valence-corrected chi connectivity index (χ1v) is 7.07. The first-order valence-electron chi connectivity index (χ1n) is 7.07. The average molecular weight is 281 g/mol. The molecule has 2 aliphatic rings. The van der Waals surface area contributed by atoms with E-state index in [2.05, 4.69) is 5.32 Å². The molecule has 1 aliphatic carbocycles. The van der Waals surface area contributed by atoms with Crippen LogP contribution in [0, 0.1) is 12.3 Å². The maximum Gasteiger partial charge on any atom is 0.253 e. The number of hydrogen-bond donors (Lipinski definition) is 2. The van der Waals surface area contributed by atoms with Gasteiger partial charge in [0, 0.05) is 6.42 Å². The molecule has 2 unspecified atom stereocenters. The van der Waals surface area contributed by atoms with Gasteiger partial charge in [0.25, 0.3) is 5.91 Å². The Morgan fingerprint density at radius 3 is 2.60 bits per heavy atom. The van der Waals surface area contributed by atoms with Crippen molar-refractivity contribution in [3.63, 3.8) is 0 Å². The summed E-state index contributed by atoms with van der Waals surface area (Å²) in [7, 11) is 0. The van der Waals surface area contributed by atoms with E-state index in [9.17, 15) is 14.4 Å². The van der Waals surface area contributed by atoms with E-state index in [0.29, 0.717) is 12.3 Å². The molecule has 3 N–H and O–H groups in total. The number of amides is 2. The zero-order valence-corrected chi connectivity index (χ0v) is 11.7. The van der Waals surface area contributed by atoms with Crippen LogP contribution in [-0.2, 0) is 19.1 Å². The van der Waals surface area contributed by atoms with Crippen LogP contribution in [-0.4, -0.2) is 35.8 Å². The number of hydrogen-bond acceptors (Lipinski definition) is 4. The first-order chi connectivity index (χ1) is 9.46. The number of ketones is 1. The van der Waals surface area contributed by atoms with Crippen LogP contribution in [0.4, 0.5) is 0 Å². The molecule has 1 saturated carbocycles. The first kappa shape index (κ1) is 15.0. The van der Waals surface area contributed by atoms with E-state index < -0.39 is 29.2 Å². The molecule has 1 aliphatic heterocycles. The highest BCUT2D eigenvalue weighted by Crippen LogP contribution is 2.28. The van der Waals surface area contributed by atoms with E-state index >= 15 is 0 Å². The molecular formula is C14H21N2O4. The molecular weight excluding hydrogens is 260 g/mol. The highest BCUT2D eigenvalue weighted by Gasteiger charge is 2.55. The maximum atomic E-state index is 12.0. The molecule has 0 aromatic carbocycles. The molecule has 1 radical (unpaired) electrons. The summed E-state index contributed by atoms with van der Waals surface area (Å²) in [4.78, 5) is 35.5. The molecule has 2 atom stereocenters. The number of carbonyl (C=O) groups is 3. The standard InChI is InChI=1S/C14H21N2O4/c1-9-14(13(15)19,11(17)8-20-9)16-12(18)7-6-10-4-2-3-5-10/h7,9-10H,2-6,8H2,1H3,(H2,15,19)(H,16,18). The van der Waals surface area contributed by atoms with Gasteiger partial charge in [0.05, 0.1) is 6.10 Å². The minimum absolute atomic E-state index is 0.201. The summed E-state index contributed by atoms with van der Waals surface area (Å²) >= 11 is 0. The monoisotopic (exact) mass is 281 g/mol. The average Bonchev–Trinajstić information content (AvgIpc) is 3.00. The predicted molar refractivity (Wildman–Crippen MR) is 71.4 cm³/mol. The van der Waals surface area contributed by atoms with Crippen molar-refractivity contribution in [2.75, 3.05) is 6.61 Å². The van der Waals surface area contributed by atoms with Crippen LogP contribution in [0.5, 0.6) is 0 Å². The van der Waals surface area contributed by atoms with E-state index in [4.69, 9.17) is 10.5 Å². The Balaban J connectivity index is 1.96. The quantitative estimate of drug-likeness (QED) is 0.698. The lowest BCUT2D eigenvalue weighted by atomic mass is 9.89. The number of primary amides is 1. The van der Waals surface area contributed by atoms with Crippen molar-refractivity contribution in [3.8, 4) is 0 Å². The van der Waals surface area contributed by atoms with Crippen LogP contribution in [0.1, 0.15) is 39.0 Å². The van der Waals surface area contributed by atoms with Gasteiger partial charge in [-0.2, -0.15) is 0 Å². The molecule has 111 valence electrons. The summed E-state index contributed by atoms with van der Waals surface area (Å²) in [5.74, 6) is -1.25. The topological polar surface area (TPSA) is 98.5 Å². The van der Waals surface area contributed by atoms with E-state index in [1.807, 2.05) is 0 Å². The summed E-state index contributed by atoms with van der Waals surface area (Å²) < 4.78 is 5.14. The highest BCUT2D eigenvalue weighted by atomic mass is 16.5. The summed E-state index contributed by atoms with van der Waals surface area (Å²) in [5, 5.41) is 2.47. The van der Waals surface area contributed by atoms with Gasteiger partial charge in [-0.25, -0.2) is 0 Å². The highest BCUT2D eigenvalue weighted by molar-refractivity contribution is 6.15. The molecule has 1 heterocycles. The van der Waals surface area contributed by atoms with Gasteiger partial charge in [-0.1, -0.05) is 25.7 Å². The zero-order valence-electron chi connectivity index (χ0n) is 11.7. The van der Waals surface area contributed by atoms with Crippen molar-refractivity contribution >= 4 is 17.6 Å². The predicted octanol–water partition coefficient (Wildman–Crippen LogP) is 0.0991. The second kappa shape index (κ2) is 5.91. The normalized spacial score (nSPS) is 30.6. The maximum absolute atomic E-state index is 12.0. The fraction of sp³-hybridized carbons (Fsp3) is 0.714. The Morgan fingerprint density at radius 1 is 1.45 bits per heavy atom. The minimum atomic E-state index is -1.72. The third-order valence-corrected chi connectivity index (χ3v) is 4.33. The number of Topliss-reactive ketones (excluding diaryl/α,β-unsaturated/α-hetero) is 1. The van der Waals surface area contributed by atoms with E-state index in [0.717, 1.165) is 12.8 Å². The Labute approximate surface area is 118 Å². The van der Waals surface area contributed by atoms with Crippen molar-refractivity contribution in [2.24, 2.45) is 11.7 Å². The van der Waals surface area contributed by atoms with Crippen LogP contribution in [0.2, 0.25) is 0 Å². The van der Waals surface area contributed by atoms with Crippen LogP contribution in [0.3, 0.4) is 0 Å². The zero-order chi connectivity index (χ0) is 14.8. The molecule has 0 spiro atoms. The van der Waals surface area contributed by atoms with Crippen LogP contribution in [0.25, 0.3) is 0 Å². The molecule has 1 saturated heterocycles. The van der Waals surface area contributed by atoms with Crippen LogP contribution < -0.4 is 11.1 Å². The molecule has 6 nitrogen and oxygen atoms in total. The van der Waals surface area contributed by atoms with Crippen LogP contribution >= 0.6 is 0 Å². The molecule has 0 bridgehead atoms. The Bertz CT molecular complexity index is 417. The third-order valence-electron chi connectivity index (χ3n) is 4.33. The van der Waals surface area contributed by atoms with E-state index in [1.165, 1.54) is 19.3 Å². The van der Waals surface area contributed by atoms with Crippen molar-refractivity contribution in [2.45, 2.75) is 50.7 Å². The second-order valence-corrected chi connectivity index (χ2v) is 5.63. The molecule has 0 aromatic heterocycles. The summed E-state index contributed by atoms with van der Waals surface area (Å²) in [6.07, 6.45) is 6.11. The molecule has 2 amide bonds. The van der Waals surface area contributed by atoms with Crippen LogP contribution in [0.15, 0.2) is 0 Å². The molecule has 20 heavy (non-hydrogen) atoms. The van der Waals surface area contributed by atoms with Gasteiger partial charge in [-0.3, -0.25) is 14.4 Å². The van der Waals surface area contributed by atoms with E-state index in [-0.39, 0.29) is 6.61 Å². The number of nitrogens with two attached hydrogens (primary N) is 1. The van der Waals surface area contributed by atoms with Gasteiger partial charge in [0.2, 0.25) is 11.4 Å². The van der Waals surface area contributed by atoms with Gasteiger partial charge in [-0.05, 0) is 19.3 Å². The lowest BCUT2D eigenvalue weighted by Gasteiger charge is -2.28. The Kier molecular flexibility index (Phi) is 4.42. The van der Waals surface area contributed by atoms with Crippen molar-refractivity contribution in [3.05, 3.63) is 6.42 Å². The van der Waals surface area contributed by atoms with Crippen molar-refractivity contribution in [1.29, 1.82) is 0 Å².